The average molecular weight is 394 g/mol. The van der Waals surface area contributed by atoms with Crippen LogP contribution in [0.3, 0.4) is 0 Å². The Balaban J connectivity index is 1.46. The predicted molar refractivity (Wildman–Crippen MR) is 108 cm³/mol. The lowest BCUT2D eigenvalue weighted by molar-refractivity contribution is -0.931. The van der Waals surface area contributed by atoms with E-state index >= 15 is 0 Å². The molecule has 3 heterocycles. The van der Waals surface area contributed by atoms with Crippen LogP contribution in [0.25, 0.3) is 11.0 Å². The van der Waals surface area contributed by atoms with Gasteiger partial charge in [-0.3, -0.25) is 0 Å². The van der Waals surface area contributed by atoms with Gasteiger partial charge in [-0.25, -0.2) is 4.79 Å². The molecule has 6 nitrogen and oxygen atoms in total. The summed E-state index contributed by atoms with van der Waals surface area (Å²) in [5, 5.41) is 10.6. The lowest BCUT2D eigenvalue weighted by Gasteiger charge is -2.23. The minimum atomic E-state index is -0.385. The SMILES string of the molecule is O=c1cc(C[NH+]2CCC[C@@H]2c2ccc3c(c2)OCCCO3)c2ccc(O)cc2o1. The molecule has 6 heteroatoms. The molecule has 2 atom stereocenters. The quantitative estimate of drug-likeness (QED) is 0.668. The Hall–Kier alpha value is -2.99. The topological polar surface area (TPSA) is 73.3 Å². The van der Waals surface area contributed by atoms with E-state index in [1.165, 1.54) is 16.5 Å². The maximum Gasteiger partial charge on any atom is 0.336 e. The zero-order valence-corrected chi connectivity index (χ0v) is 16.1. The molecule has 1 aromatic heterocycles. The maximum atomic E-state index is 12.0. The molecule has 0 radical (unpaired) electrons. The molecule has 150 valence electrons. The van der Waals surface area contributed by atoms with Gasteiger partial charge in [-0.1, -0.05) is 0 Å². The first-order valence-electron chi connectivity index (χ1n) is 10.2. The molecule has 0 saturated carbocycles. The largest absolute Gasteiger partial charge is 0.508 e. The lowest BCUT2D eigenvalue weighted by atomic mass is 10.0. The summed E-state index contributed by atoms with van der Waals surface area (Å²) < 4.78 is 16.9. The fourth-order valence-electron chi connectivity index (χ4n) is 4.53. The number of ether oxygens (including phenoxy) is 2. The van der Waals surface area contributed by atoms with E-state index in [9.17, 15) is 9.90 Å². The zero-order valence-electron chi connectivity index (χ0n) is 16.1. The number of rotatable bonds is 3. The van der Waals surface area contributed by atoms with Gasteiger partial charge >= 0.3 is 5.63 Å². The fraction of sp³-hybridized carbons (Fsp3) is 0.348. The highest BCUT2D eigenvalue weighted by molar-refractivity contribution is 5.81. The highest BCUT2D eigenvalue weighted by atomic mass is 16.5. The van der Waals surface area contributed by atoms with Crippen LogP contribution in [0.4, 0.5) is 0 Å². The number of quaternary nitrogens is 1. The van der Waals surface area contributed by atoms with E-state index in [0.717, 1.165) is 54.8 Å². The summed E-state index contributed by atoms with van der Waals surface area (Å²) in [6.07, 6.45) is 3.12. The molecule has 5 rings (SSSR count). The first kappa shape index (κ1) is 18.1. The van der Waals surface area contributed by atoms with Crippen molar-refractivity contribution in [3.8, 4) is 17.2 Å². The molecule has 2 aliphatic rings. The number of hydrogen-bond donors (Lipinski definition) is 2. The minimum Gasteiger partial charge on any atom is -0.508 e. The molecule has 0 aliphatic carbocycles. The number of aromatic hydroxyl groups is 1. The van der Waals surface area contributed by atoms with Crippen LogP contribution in [0.5, 0.6) is 17.2 Å². The molecule has 0 bridgehead atoms. The van der Waals surface area contributed by atoms with Crippen LogP contribution in [0.15, 0.2) is 51.7 Å². The number of phenolic OH excluding ortho intramolecular Hbond substituents is 1. The standard InChI is InChI=1S/C23H23NO5/c25-17-5-6-18-16(12-23(26)29-21(18)13-17)14-24-8-1-3-19(24)15-4-7-20-22(11-15)28-10-2-9-27-20/h4-7,11-13,19,25H,1-3,8-10,14H2/p+1/t19-/m1/s1. The second kappa shape index (κ2) is 7.44. The van der Waals surface area contributed by atoms with E-state index in [2.05, 4.69) is 12.1 Å². The third-order valence-corrected chi connectivity index (χ3v) is 5.89. The van der Waals surface area contributed by atoms with Gasteiger partial charge in [0.05, 0.1) is 19.8 Å². The molecule has 1 saturated heterocycles. The molecule has 1 unspecified atom stereocenters. The van der Waals surface area contributed by atoms with Gasteiger partial charge in [-0.2, -0.15) is 0 Å². The summed E-state index contributed by atoms with van der Waals surface area (Å²) in [4.78, 5) is 13.5. The Kier molecular flexibility index (Phi) is 4.64. The van der Waals surface area contributed by atoms with Crippen molar-refractivity contribution in [2.24, 2.45) is 0 Å². The Morgan fingerprint density at radius 3 is 2.76 bits per heavy atom. The van der Waals surface area contributed by atoms with E-state index in [1.807, 2.05) is 12.1 Å². The number of likely N-dealkylation sites (tertiary alicyclic amines) is 1. The molecule has 3 aromatic rings. The Bertz CT molecular complexity index is 1110. The number of phenols is 1. The Morgan fingerprint density at radius 2 is 1.86 bits per heavy atom. The van der Waals surface area contributed by atoms with Crippen LogP contribution in [0.2, 0.25) is 0 Å². The van der Waals surface area contributed by atoms with Crippen molar-refractivity contribution < 1.29 is 23.9 Å². The fourth-order valence-corrected chi connectivity index (χ4v) is 4.53. The van der Waals surface area contributed by atoms with Crippen LogP contribution in [-0.2, 0) is 6.54 Å². The van der Waals surface area contributed by atoms with Gasteiger partial charge in [0.25, 0.3) is 0 Å². The molecule has 0 spiro atoms. The Labute approximate surface area is 168 Å². The van der Waals surface area contributed by atoms with Gasteiger partial charge in [0, 0.05) is 47.9 Å². The van der Waals surface area contributed by atoms with Gasteiger partial charge in [-0.05, 0) is 30.3 Å². The van der Waals surface area contributed by atoms with E-state index < -0.39 is 0 Å². The highest BCUT2D eigenvalue weighted by Crippen LogP contribution is 2.33. The van der Waals surface area contributed by atoms with Gasteiger partial charge in [0.2, 0.25) is 0 Å². The van der Waals surface area contributed by atoms with Crippen LogP contribution >= 0.6 is 0 Å². The maximum absolute atomic E-state index is 12.0. The van der Waals surface area contributed by atoms with Gasteiger partial charge in [0.1, 0.15) is 23.9 Å². The van der Waals surface area contributed by atoms with Crippen molar-refractivity contribution in [3.63, 3.8) is 0 Å². The number of benzene rings is 2. The minimum absolute atomic E-state index is 0.0939. The van der Waals surface area contributed by atoms with Crippen molar-refractivity contribution in [1.82, 2.24) is 0 Å². The molecule has 0 amide bonds. The monoisotopic (exact) mass is 394 g/mol. The first-order chi connectivity index (χ1) is 14.2. The second-order valence-electron chi connectivity index (χ2n) is 7.81. The smallest absolute Gasteiger partial charge is 0.336 e. The molecule has 2 N–H and O–H groups in total. The van der Waals surface area contributed by atoms with E-state index in [1.54, 1.807) is 12.1 Å². The van der Waals surface area contributed by atoms with Crippen LogP contribution < -0.4 is 20.0 Å². The van der Waals surface area contributed by atoms with Gasteiger partial charge < -0.3 is 23.9 Å². The number of hydrogen-bond acceptors (Lipinski definition) is 5. The van der Waals surface area contributed by atoms with Crippen LogP contribution in [0.1, 0.15) is 36.4 Å². The summed E-state index contributed by atoms with van der Waals surface area (Å²) in [5.74, 6) is 1.74. The van der Waals surface area contributed by atoms with Crippen LogP contribution in [-0.4, -0.2) is 24.9 Å². The molecule has 1 fully saturated rings. The average Bonchev–Trinajstić information content (AvgIpc) is 3.03. The molecule has 2 aliphatic heterocycles. The van der Waals surface area contributed by atoms with Gasteiger partial charge in [-0.15, -0.1) is 0 Å². The summed E-state index contributed by atoms with van der Waals surface area (Å²) in [6.45, 7) is 3.13. The van der Waals surface area contributed by atoms with Crippen molar-refractivity contribution in [3.05, 3.63) is 64.0 Å². The van der Waals surface area contributed by atoms with Crippen molar-refractivity contribution in [1.29, 1.82) is 0 Å². The third kappa shape index (κ3) is 3.56. The molecule has 29 heavy (non-hydrogen) atoms. The van der Waals surface area contributed by atoms with E-state index in [0.29, 0.717) is 24.8 Å². The molecule has 2 aromatic carbocycles. The molecular formula is C23H24NO5+. The van der Waals surface area contributed by atoms with Crippen molar-refractivity contribution >= 4 is 11.0 Å². The summed E-state index contributed by atoms with van der Waals surface area (Å²) in [5.41, 5.74) is 2.24. The van der Waals surface area contributed by atoms with Gasteiger partial charge in [0.15, 0.2) is 11.5 Å². The second-order valence-corrected chi connectivity index (χ2v) is 7.81. The predicted octanol–water partition coefficient (Wildman–Crippen LogP) is 2.58. The number of nitrogens with one attached hydrogen (secondary N) is 1. The Morgan fingerprint density at radius 1 is 1.00 bits per heavy atom. The van der Waals surface area contributed by atoms with Crippen molar-refractivity contribution in [2.75, 3.05) is 19.8 Å². The first-order valence-corrected chi connectivity index (χ1v) is 10.2. The van der Waals surface area contributed by atoms with E-state index in [4.69, 9.17) is 13.9 Å². The lowest BCUT2D eigenvalue weighted by Crippen LogP contribution is -3.08. The summed E-state index contributed by atoms with van der Waals surface area (Å²) in [7, 11) is 0. The van der Waals surface area contributed by atoms with Crippen molar-refractivity contribution in [2.45, 2.75) is 31.8 Å². The normalized spacial score (nSPS) is 21.2. The number of fused-ring (bicyclic) bond motifs is 2. The van der Waals surface area contributed by atoms with Crippen LogP contribution in [0, 0.1) is 0 Å². The van der Waals surface area contributed by atoms with E-state index in [-0.39, 0.29) is 11.4 Å². The third-order valence-electron chi connectivity index (χ3n) is 5.89. The summed E-state index contributed by atoms with van der Waals surface area (Å²) in [6, 6.07) is 13.1. The highest BCUT2D eigenvalue weighted by Gasteiger charge is 2.31. The zero-order chi connectivity index (χ0) is 19.8. The summed E-state index contributed by atoms with van der Waals surface area (Å²) >= 11 is 0. The molecular weight excluding hydrogens is 370 g/mol.